The fourth-order valence-corrected chi connectivity index (χ4v) is 2.38. The van der Waals surface area contributed by atoms with Gasteiger partial charge in [-0.3, -0.25) is 9.59 Å². The molecule has 25 heavy (non-hydrogen) atoms. The molecule has 0 aromatic heterocycles. The Balaban J connectivity index is 1.97. The number of hydrogen-bond donors (Lipinski definition) is 1. The molecule has 0 spiro atoms. The van der Waals surface area contributed by atoms with E-state index in [0.717, 1.165) is 29.2 Å². The van der Waals surface area contributed by atoms with Gasteiger partial charge < -0.3 is 10.2 Å². The van der Waals surface area contributed by atoms with Crippen LogP contribution in [0.25, 0.3) is 6.08 Å². The highest BCUT2D eigenvalue weighted by Gasteiger charge is 2.12. The summed E-state index contributed by atoms with van der Waals surface area (Å²) in [5, 5.41) is 2.66. The van der Waals surface area contributed by atoms with Gasteiger partial charge in [-0.1, -0.05) is 18.2 Å². The summed E-state index contributed by atoms with van der Waals surface area (Å²) in [5.74, 6) is -2.48. The summed E-state index contributed by atoms with van der Waals surface area (Å²) in [4.78, 5) is 25.1. The van der Waals surface area contributed by atoms with E-state index in [-0.39, 0.29) is 12.1 Å². The highest BCUT2D eigenvalue weighted by molar-refractivity contribution is 9.10. The molecule has 2 aromatic rings. The van der Waals surface area contributed by atoms with Crippen molar-refractivity contribution in [3.63, 3.8) is 0 Å². The molecule has 0 fully saturated rings. The van der Waals surface area contributed by atoms with Crippen molar-refractivity contribution in [2.45, 2.75) is 0 Å². The summed E-state index contributed by atoms with van der Waals surface area (Å²) in [5.41, 5.74) is 0.277. The van der Waals surface area contributed by atoms with Gasteiger partial charge >= 0.3 is 0 Å². The average Bonchev–Trinajstić information content (AvgIpc) is 2.56. The van der Waals surface area contributed by atoms with Gasteiger partial charge in [0.05, 0.1) is 12.2 Å². The first-order chi connectivity index (χ1) is 11.9. The lowest BCUT2D eigenvalue weighted by atomic mass is 10.2. The molecule has 0 atom stereocenters. The van der Waals surface area contributed by atoms with Gasteiger partial charge in [-0.2, -0.15) is 0 Å². The molecule has 0 aliphatic rings. The van der Waals surface area contributed by atoms with Crippen molar-refractivity contribution < 1.29 is 18.4 Å². The lowest BCUT2D eigenvalue weighted by Gasteiger charge is -2.15. The summed E-state index contributed by atoms with van der Waals surface area (Å²) in [6.45, 7) is -0.204. The standard InChI is InChI=1S/C18H15BrF2N2O2/c1-23(11-17(24)22-16-8-3-2-5-13(16)19)18(25)10-9-12-14(20)6-4-7-15(12)21/h2-10H,11H2,1H3,(H,22,24)/b10-9+. The minimum absolute atomic E-state index is 0.204. The van der Waals surface area contributed by atoms with Crippen LogP contribution in [0.2, 0.25) is 0 Å². The molecule has 0 heterocycles. The number of carbonyl (C=O) groups excluding carboxylic acids is 2. The van der Waals surface area contributed by atoms with Crippen LogP contribution >= 0.6 is 15.9 Å². The number of hydrogen-bond acceptors (Lipinski definition) is 2. The van der Waals surface area contributed by atoms with E-state index in [9.17, 15) is 18.4 Å². The highest BCUT2D eigenvalue weighted by Crippen LogP contribution is 2.21. The fraction of sp³-hybridized carbons (Fsp3) is 0.111. The Labute approximate surface area is 152 Å². The summed E-state index contributed by atoms with van der Waals surface area (Å²) in [7, 11) is 1.42. The number of rotatable bonds is 5. The Kier molecular flexibility index (Phi) is 6.41. The molecule has 0 aliphatic heterocycles. The number of nitrogens with one attached hydrogen (secondary N) is 1. The Morgan fingerprint density at radius 3 is 2.40 bits per heavy atom. The van der Waals surface area contributed by atoms with E-state index in [1.807, 2.05) is 6.07 Å². The zero-order valence-corrected chi connectivity index (χ0v) is 14.9. The molecular weight excluding hydrogens is 394 g/mol. The fourth-order valence-electron chi connectivity index (χ4n) is 2.00. The zero-order valence-electron chi connectivity index (χ0n) is 13.3. The molecular formula is C18H15BrF2N2O2. The Morgan fingerprint density at radius 2 is 1.76 bits per heavy atom. The molecule has 7 heteroatoms. The number of amides is 2. The summed E-state index contributed by atoms with van der Waals surface area (Å²) in [6, 6.07) is 10.5. The first-order valence-corrected chi connectivity index (χ1v) is 8.09. The van der Waals surface area contributed by atoms with Gasteiger partial charge in [0, 0.05) is 23.2 Å². The van der Waals surface area contributed by atoms with Crippen LogP contribution in [0.15, 0.2) is 53.0 Å². The second-order valence-corrected chi connectivity index (χ2v) is 6.05. The van der Waals surface area contributed by atoms with E-state index in [2.05, 4.69) is 21.2 Å². The van der Waals surface area contributed by atoms with Crippen LogP contribution in [-0.4, -0.2) is 30.3 Å². The second kappa shape index (κ2) is 8.53. The molecule has 0 aliphatic carbocycles. The maximum atomic E-state index is 13.5. The first-order valence-electron chi connectivity index (χ1n) is 7.30. The van der Waals surface area contributed by atoms with Crippen molar-refractivity contribution in [3.05, 3.63) is 70.2 Å². The third kappa shape index (κ3) is 5.22. The third-order valence-corrected chi connectivity index (χ3v) is 3.99. The number of likely N-dealkylation sites (N-methyl/N-ethyl adjacent to an activating group) is 1. The van der Waals surface area contributed by atoms with Crippen LogP contribution in [0, 0.1) is 11.6 Å². The van der Waals surface area contributed by atoms with E-state index in [4.69, 9.17) is 0 Å². The van der Waals surface area contributed by atoms with E-state index in [0.29, 0.717) is 10.2 Å². The third-order valence-electron chi connectivity index (χ3n) is 3.30. The lowest BCUT2D eigenvalue weighted by molar-refractivity contribution is -0.129. The van der Waals surface area contributed by atoms with Crippen LogP contribution in [0.3, 0.4) is 0 Å². The van der Waals surface area contributed by atoms with Gasteiger partial charge in [-0.15, -0.1) is 0 Å². The summed E-state index contributed by atoms with van der Waals surface area (Å²) >= 11 is 3.31. The monoisotopic (exact) mass is 408 g/mol. The van der Waals surface area contributed by atoms with Crippen molar-refractivity contribution in [2.24, 2.45) is 0 Å². The van der Waals surface area contributed by atoms with E-state index < -0.39 is 23.4 Å². The number of benzene rings is 2. The van der Waals surface area contributed by atoms with Crippen LogP contribution in [0.4, 0.5) is 14.5 Å². The number of carbonyl (C=O) groups is 2. The maximum Gasteiger partial charge on any atom is 0.246 e. The van der Waals surface area contributed by atoms with Crippen LogP contribution in [0.5, 0.6) is 0 Å². The average molecular weight is 409 g/mol. The van der Waals surface area contributed by atoms with Crippen molar-refractivity contribution in [2.75, 3.05) is 18.9 Å². The molecule has 4 nitrogen and oxygen atoms in total. The minimum Gasteiger partial charge on any atom is -0.333 e. The van der Waals surface area contributed by atoms with Crippen LogP contribution < -0.4 is 5.32 Å². The van der Waals surface area contributed by atoms with E-state index in [1.54, 1.807) is 18.2 Å². The normalized spacial score (nSPS) is 10.7. The number of halogens is 3. The van der Waals surface area contributed by atoms with Crippen molar-refractivity contribution >= 4 is 39.5 Å². The van der Waals surface area contributed by atoms with Gasteiger partial charge in [-0.05, 0) is 46.3 Å². The molecule has 2 rings (SSSR count). The summed E-state index contributed by atoms with van der Waals surface area (Å²) in [6.07, 6.45) is 2.07. The molecule has 2 amide bonds. The number of nitrogens with zero attached hydrogens (tertiary/aromatic N) is 1. The van der Waals surface area contributed by atoms with Crippen molar-refractivity contribution in [3.8, 4) is 0 Å². The van der Waals surface area contributed by atoms with E-state index in [1.165, 1.54) is 13.1 Å². The Hall–Kier alpha value is -2.54. The molecule has 0 radical (unpaired) electrons. The van der Waals surface area contributed by atoms with Gasteiger partial charge in [0.25, 0.3) is 0 Å². The highest BCUT2D eigenvalue weighted by atomic mass is 79.9. The number of para-hydroxylation sites is 1. The molecule has 130 valence electrons. The van der Waals surface area contributed by atoms with Gasteiger partial charge in [-0.25, -0.2) is 8.78 Å². The maximum absolute atomic E-state index is 13.5. The number of anilines is 1. The quantitative estimate of drug-likeness (QED) is 0.764. The Bertz CT molecular complexity index is 804. The van der Waals surface area contributed by atoms with Crippen LogP contribution in [0.1, 0.15) is 5.56 Å². The van der Waals surface area contributed by atoms with E-state index >= 15 is 0 Å². The topological polar surface area (TPSA) is 49.4 Å². The first kappa shape index (κ1) is 18.8. The van der Waals surface area contributed by atoms with Crippen LogP contribution in [-0.2, 0) is 9.59 Å². The second-order valence-electron chi connectivity index (χ2n) is 5.19. The smallest absolute Gasteiger partial charge is 0.246 e. The molecule has 2 aromatic carbocycles. The van der Waals surface area contributed by atoms with Gasteiger partial charge in [0.15, 0.2) is 0 Å². The minimum atomic E-state index is -0.765. The SMILES string of the molecule is CN(CC(=O)Nc1ccccc1Br)C(=O)/C=C/c1c(F)cccc1F. The van der Waals surface area contributed by atoms with Gasteiger partial charge in [0.2, 0.25) is 11.8 Å². The largest absolute Gasteiger partial charge is 0.333 e. The summed E-state index contributed by atoms with van der Waals surface area (Å²) < 4.78 is 27.7. The molecule has 0 unspecified atom stereocenters. The predicted octanol–water partition coefficient (Wildman–Crippen LogP) is 3.84. The molecule has 1 N–H and O–H groups in total. The molecule has 0 bridgehead atoms. The predicted molar refractivity (Wildman–Crippen MR) is 95.8 cm³/mol. The van der Waals surface area contributed by atoms with Gasteiger partial charge in [0.1, 0.15) is 11.6 Å². The van der Waals surface area contributed by atoms with Crippen molar-refractivity contribution in [1.82, 2.24) is 4.90 Å². The molecule has 0 saturated heterocycles. The van der Waals surface area contributed by atoms with Crippen molar-refractivity contribution in [1.29, 1.82) is 0 Å². The zero-order chi connectivity index (χ0) is 18.4. The Morgan fingerprint density at radius 1 is 1.12 bits per heavy atom. The lowest BCUT2D eigenvalue weighted by Crippen LogP contribution is -2.33. The molecule has 0 saturated carbocycles.